The Balaban J connectivity index is 0.00000122. The van der Waals surface area contributed by atoms with Crippen LogP contribution in [-0.4, -0.2) is 15.8 Å². The quantitative estimate of drug-likeness (QED) is 0.837. The van der Waals surface area contributed by atoms with Crippen LogP contribution >= 0.6 is 0 Å². The molecule has 0 atom stereocenters. The molecule has 1 aromatic rings. The van der Waals surface area contributed by atoms with E-state index in [2.05, 4.69) is 30.4 Å². The second-order valence-electron chi connectivity index (χ2n) is 5.08. The van der Waals surface area contributed by atoms with Crippen molar-refractivity contribution in [2.24, 2.45) is 10.7 Å². The maximum absolute atomic E-state index is 13.9. The normalized spacial score (nSPS) is 12.2. The maximum Gasteiger partial charge on any atom is 0.146 e. The van der Waals surface area contributed by atoms with Crippen molar-refractivity contribution in [3.63, 3.8) is 0 Å². The Labute approximate surface area is 127 Å². The Hall–Kier alpha value is -1.91. The highest BCUT2D eigenvalue weighted by Gasteiger charge is 2.13. The fourth-order valence-electron chi connectivity index (χ4n) is 1.74. The summed E-state index contributed by atoms with van der Waals surface area (Å²) in [7, 11) is 0. The first kappa shape index (κ1) is 19.1. The van der Waals surface area contributed by atoms with E-state index in [0.29, 0.717) is 5.57 Å². The van der Waals surface area contributed by atoms with Crippen molar-refractivity contribution in [3.8, 4) is 0 Å². The molecule has 0 aliphatic heterocycles. The highest BCUT2D eigenvalue weighted by molar-refractivity contribution is 5.87. The number of hydrogen-bond acceptors (Lipinski definition) is 3. The molecule has 21 heavy (non-hydrogen) atoms. The largest absolute Gasteiger partial charge is 0.384 e. The number of imidazole rings is 1. The average molecular weight is 294 g/mol. The molecule has 1 rings (SSSR count). The molecule has 0 aromatic carbocycles. The Bertz CT molecular complexity index is 524. The van der Waals surface area contributed by atoms with Crippen LogP contribution in [0.2, 0.25) is 0 Å². The van der Waals surface area contributed by atoms with E-state index in [9.17, 15) is 4.39 Å². The molecule has 5 heteroatoms. The lowest BCUT2D eigenvalue weighted by molar-refractivity contribution is 0.575. The summed E-state index contributed by atoms with van der Waals surface area (Å²) in [5.74, 6) is 0.488. The molecule has 118 valence electrons. The lowest BCUT2D eigenvalue weighted by atomic mass is 10.2. The zero-order valence-corrected chi connectivity index (χ0v) is 13.9. The van der Waals surface area contributed by atoms with E-state index >= 15 is 0 Å². The average Bonchev–Trinajstić information content (AvgIpc) is 2.77. The number of aromatic nitrogens is 2. The molecule has 0 aliphatic rings. The fourth-order valence-corrected chi connectivity index (χ4v) is 1.74. The minimum Gasteiger partial charge on any atom is -0.384 e. The van der Waals surface area contributed by atoms with E-state index in [1.165, 1.54) is 6.42 Å². The molecule has 0 bridgehead atoms. The van der Waals surface area contributed by atoms with Crippen LogP contribution in [0.1, 0.15) is 58.6 Å². The molecular weight excluding hydrogens is 267 g/mol. The zero-order valence-electron chi connectivity index (χ0n) is 13.9. The van der Waals surface area contributed by atoms with Gasteiger partial charge in [-0.1, -0.05) is 26.8 Å². The lowest BCUT2D eigenvalue weighted by Crippen LogP contribution is -2.07. The molecule has 2 N–H and O–H groups in total. The van der Waals surface area contributed by atoms with Gasteiger partial charge in [0.25, 0.3) is 0 Å². The van der Waals surface area contributed by atoms with E-state index < -0.39 is 5.83 Å². The Morgan fingerprint density at radius 2 is 2.05 bits per heavy atom. The first-order chi connectivity index (χ1) is 9.76. The minimum absolute atomic E-state index is 0.0755. The predicted molar refractivity (Wildman–Crippen MR) is 88.8 cm³/mol. The summed E-state index contributed by atoms with van der Waals surface area (Å²) in [6.45, 7) is 15.3. The van der Waals surface area contributed by atoms with Gasteiger partial charge >= 0.3 is 0 Å². The van der Waals surface area contributed by atoms with Gasteiger partial charge in [0.15, 0.2) is 0 Å². The van der Waals surface area contributed by atoms with Gasteiger partial charge in [-0.25, -0.2) is 14.4 Å². The van der Waals surface area contributed by atoms with Crippen LogP contribution in [0.15, 0.2) is 29.4 Å². The smallest absolute Gasteiger partial charge is 0.146 e. The molecule has 0 fully saturated rings. The molecular formula is C16H27FN4. The Kier molecular flexibility index (Phi) is 8.28. The molecule has 0 spiro atoms. The predicted octanol–water partition coefficient (Wildman–Crippen LogP) is 4.39. The summed E-state index contributed by atoms with van der Waals surface area (Å²) in [5, 5.41) is 0. The number of allylic oxidation sites excluding steroid dienone is 2. The standard InChI is InChI=1S/C13H19FN4.C3H8/c1-8(2)18-11(5)17-7-13(18)9(3)12(14)6-16-10(4)15;1-3-2/h6-8H,4,15H2,1-3,5H3;3H2,1-2H3/b12-9-,16-6-;. The Morgan fingerprint density at radius 1 is 1.52 bits per heavy atom. The summed E-state index contributed by atoms with van der Waals surface area (Å²) >= 11 is 0. The van der Waals surface area contributed by atoms with Gasteiger partial charge in [0.2, 0.25) is 0 Å². The number of aryl methyl sites for hydroxylation is 1. The number of rotatable bonds is 4. The van der Waals surface area contributed by atoms with Crippen LogP contribution in [0.3, 0.4) is 0 Å². The summed E-state index contributed by atoms with van der Waals surface area (Å²) in [6.07, 6.45) is 3.99. The van der Waals surface area contributed by atoms with Crippen molar-refractivity contribution in [2.75, 3.05) is 0 Å². The summed E-state index contributed by atoms with van der Waals surface area (Å²) in [5.41, 5.74) is 6.49. The third-order valence-electron chi connectivity index (χ3n) is 2.58. The highest BCUT2D eigenvalue weighted by atomic mass is 19.1. The topological polar surface area (TPSA) is 56.2 Å². The van der Waals surface area contributed by atoms with Gasteiger partial charge in [0, 0.05) is 11.6 Å². The van der Waals surface area contributed by atoms with Gasteiger partial charge in [-0.2, -0.15) is 0 Å². The number of aliphatic imine (C=N–C) groups is 1. The molecule has 0 amide bonds. The molecule has 0 saturated heterocycles. The van der Waals surface area contributed by atoms with Crippen LogP contribution in [0.25, 0.3) is 5.57 Å². The third-order valence-corrected chi connectivity index (χ3v) is 2.58. The van der Waals surface area contributed by atoms with Crippen LogP contribution in [0.5, 0.6) is 0 Å². The fraction of sp³-hybridized carbons (Fsp3) is 0.500. The highest BCUT2D eigenvalue weighted by Crippen LogP contribution is 2.23. The van der Waals surface area contributed by atoms with Crippen molar-refractivity contribution < 1.29 is 4.39 Å². The number of nitrogens with two attached hydrogens (primary N) is 1. The van der Waals surface area contributed by atoms with Gasteiger partial charge < -0.3 is 10.3 Å². The lowest BCUT2D eigenvalue weighted by Gasteiger charge is -2.14. The molecule has 0 aliphatic carbocycles. The van der Waals surface area contributed by atoms with Gasteiger partial charge in [-0.15, -0.1) is 0 Å². The number of halogens is 1. The van der Waals surface area contributed by atoms with Crippen molar-refractivity contribution >= 4 is 11.8 Å². The molecule has 0 unspecified atom stereocenters. The second kappa shape index (κ2) is 9.10. The molecule has 4 nitrogen and oxygen atoms in total. The summed E-state index contributed by atoms with van der Waals surface area (Å²) in [6, 6.07) is 0.215. The second-order valence-corrected chi connectivity index (χ2v) is 5.08. The first-order valence-electron chi connectivity index (χ1n) is 7.15. The van der Waals surface area contributed by atoms with Crippen molar-refractivity contribution in [1.82, 2.24) is 9.55 Å². The molecule has 1 aromatic heterocycles. The van der Waals surface area contributed by atoms with E-state index in [-0.39, 0.29) is 11.9 Å². The molecule has 1 heterocycles. The third kappa shape index (κ3) is 5.94. The van der Waals surface area contributed by atoms with Gasteiger partial charge in [0.05, 0.1) is 18.1 Å². The maximum atomic E-state index is 13.9. The van der Waals surface area contributed by atoms with Crippen molar-refractivity contribution in [3.05, 3.63) is 35.9 Å². The Morgan fingerprint density at radius 3 is 2.48 bits per heavy atom. The first-order valence-corrected chi connectivity index (χ1v) is 7.15. The minimum atomic E-state index is -0.441. The van der Waals surface area contributed by atoms with Crippen LogP contribution in [-0.2, 0) is 0 Å². The molecule has 0 radical (unpaired) electrons. The van der Waals surface area contributed by atoms with E-state index in [1.807, 2.05) is 25.3 Å². The summed E-state index contributed by atoms with van der Waals surface area (Å²) in [4.78, 5) is 7.86. The van der Waals surface area contributed by atoms with Crippen molar-refractivity contribution in [1.29, 1.82) is 0 Å². The van der Waals surface area contributed by atoms with Gasteiger partial charge in [0.1, 0.15) is 17.5 Å². The van der Waals surface area contributed by atoms with E-state index in [4.69, 9.17) is 5.73 Å². The van der Waals surface area contributed by atoms with Crippen LogP contribution in [0, 0.1) is 6.92 Å². The number of nitrogens with zero attached hydrogens (tertiary/aromatic N) is 3. The van der Waals surface area contributed by atoms with Crippen LogP contribution < -0.4 is 5.73 Å². The monoisotopic (exact) mass is 294 g/mol. The van der Waals surface area contributed by atoms with Crippen molar-refractivity contribution in [2.45, 2.75) is 54.0 Å². The van der Waals surface area contributed by atoms with E-state index in [0.717, 1.165) is 17.7 Å². The SMILES string of the molecule is C=C(N)/N=C\C(F)=C(/C)c1cnc(C)n1C(C)C.CCC. The summed E-state index contributed by atoms with van der Waals surface area (Å²) < 4.78 is 15.9. The van der Waals surface area contributed by atoms with E-state index in [1.54, 1.807) is 13.1 Å². The molecule has 0 saturated carbocycles. The van der Waals surface area contributed by atoms with Crippen LogP contribution in [0.4, 0.5) is 4.39 Å². The van der Waals surface area contributed by atoms with Gasteiger partial charge in [-0.3, -0.25) is 0 Å². The zero-order chi connectivity index (χ0) is 16.6. The van der Waals surface area contributed by atoms with Gasteiger partial charge in [-0.05, 0) is 27.7 Å². The number of hydrogen-bond donors (Lipinski definition) is 1.